The second-order valence-electron chi connectivity index (χ2n) is 8.29. The fraction of sp³-hybridized carbons (Fsp3) is 0.789. The molecule has 0 aromatic carbocycles. The van der Waals surface area contributed by atoms with Gasteiger partial charge in [-0.3, -0.25) is 14.6 Å². The van der Waals surface area contributed by atoms with Crippen LogP contribution in [0.15, 0.2) is 0 Å². The van der Waals surface area contributed by atoms with E-state index in [2.05, 4.69) is 21.7 Å². The van der Waals surface area contributed by atoms with Crippen LogP contribution in [0.3, 0.4) is 0 Å². The molecule has 1 aromatic rings. The van der Waals surface area contributed by atoms with Crippen LogP contribution in [0.25, 0.3) is 0 Å². The van der Waals surface area contributed by atoms with E-state index in [-0.39, 0.29) is 5.92 Å². The summed E-state index contributed by atoms with van der Waals surface area (Å²) < 4.78 is 0. The smallest absolute Gasteiger partial charge is 0.312 e. The maximum atomic E-state index is 12.2. The van der Waals surface area contributed by atoms with Crippen molar-refractivity contribution >= 4 is 17.3 Å². The van der Waals surface area contributed by atoms with E-state index in [0.29, 0.717) is 12.6 Å². The van der Waals surface area contributed by atoms with E-state index in [9.17, 15) is 9.90 Å². The zero-order chi connectivity index (χ0) is 17.6. The fourth-order valence-electron chi connectivity index (χ4n) is 5.28. The molecule has 0 bridgehead atoms. The van der Waals surface area contributed by atoms with Gasteiger partial charge in [0.1, 0.15) is 0 Å². The third-order valence-corrected chi connectivity index (χ3v) is 7.65. The molecule has 0 spiro atoms. The monoisotopic (exact) mass is 363 g/mol. The molecule has 0 amide bonds. The highest BCUT2D eigenvalue weighted by molar-refractivity contribution is 7.11. The van der Waals surface area contributed by atoms with Crippen molar-refractivity contribution in [1.82, 2.24) is 14.8 Å². The molecule has 5 nitrogen and oxygen atoms in total. The average molecular weight is 364 g/mol. The summed E-state index contributed by atoms with van der Waals surface area (Å²) in [4.78, 5) is 22.9. The van der Waals surface area contributed by atoms with Gasteiger partial charge >= 0.3 is 5.97 Å². The standard InChI is InChI=1S/C19H29N3O2S/c1-13-17(25-14(2)20-13)10-21-8-15-9-22(16-6-4-3-5-7-16)12-19(15,11-21)18(23)24/h15-16H,3-12H2,1-2H3,(H,23,24)/t15-,19-/m1/s1. The minimum absolute atomic E-state index is 0.265. The number of carboxylic acid groups (broad SMARTS) is 1. The van der Waals surface area contributed by atoms with Crippen molar-refractivity contribution in [3.63, 3.8) is 0 Å². The summed E-state index contributed by atoms with van der Waals surface area (Å²) in [6.45, 7) is 8.27. The Balaban J connectivity index is 1.47. The van der Waals surface area contributed by atoms with Crippen LogP contribution in [0.2, 0.25) is 0 Å². The normalized spacial score (nSPS) is 31.5. The Morgan fingerprint density at radius 2 is 2.00 bits per heavy atom. The number of likely N-dealkylation sites (tertiary alicyclic amines) is 2. The molecule has 1 saturated carbocycles. The molecule has 6 heteroatoms. The van der Waals surface area contributed by atoms with Gasteiger partial charge in [-0.2, -0.15) is 0 Å². The van der Waals surface area contributed by atoms with Gasteiger partial charge in [0.2, 0.25) is 0 Å². The molecule has 0 radical (unpaired) electrons. The van der Waals surface area contributed by atoms with Crippen LogP contribution >= 0.6 is 11.3 Å². The first-order valence-corrected chi connectivity index (χ1v) is 10.4. The van der Waals surface area contributed by atoms with Crippen LogP contribution in [-0.2, 0) is 11.3 Å². The van der Waals surface area contributed by atoms with E-state index >= 15 is 0 Å². The Kier molecular flexibility index (Phi) is 4.63. The molecule has 3 aliphatic rings. The van der Waals surface area contributed by atoms with Gasteiger partial charge in [0.15, 0.2) is 0 Å². The van der Waals surface area contributed by atoms with E-state index < -0.39 is 11.4 Å². The summed E-state index contributed by atoms with van der Waals surface area (Å²) in [5.41, 5.74) is 0.540. The Labute approximate surface area is 154 Å². The molecule has 2 aliphatic heterocycles. The summed E-state index contributed by atoms with van der Waals surface area (Å²) in [5.74, 6) is -0.322. The van der Waals surface area contributed by atoms with Crippen molar-refractivity contribution in [3.8, 4) is 0 Å². The fourth-order valence-corrected chi connectivity index (χ4v) is 6.26. The molecular weight excluding hydrogens is 334 g/mol. The first-order valence-electron chi connectivity index (χ1n) is 9.60. The van der Waals surface area contributed by atoms with Crippen molar-refractivity contribution in [2.75, 3.05) is 26.2 Å². The number of hydrogen-bond acceptors (Lipinski definition) is 5. The number of fused-ring (bicyclic) bond motifs is 1. The molecule has 2 atom stereocenters. The molecule has 4 rings (SSSR count). The second-order valence-corrected chi connectivity index (χ2v) is 9.58. The van der Waals surface area contributed by atoms with E-state index in [1.165, 1.54) is 37.0 Å². The van der Waals surface area contributed by atoms with E-state index in [1.54, 1.807) is 11.3 Å². The van der Waals surface area contributed by atoms with Gasteiger partial charge in [-0.25, -0.2) is 4.98 Å². The summed E-state index contributed by atoms with van der Waals surface area (Å²) in [7, 11) is 0. The number of carbonyl (C=O) groups is 1. The van der Waals surface area contributed by atoms with E-state index in [1.807, 2.05) is 6.92 Å². The van der Waals surface area contributed by atoms with Gasteiger partial charge < -0.3 is 5.11 Å². The Hall–Kier alpha value is -0.980. The molecule has 25 heavy (non-hydrogen) atoms. The van der Waals surface area contributed by atoms with Gasteiger partial charge in [0.05, 0.1) is 16.1 Å². The maximum absolute atomic E-state index is 12.2. The third-order valence-electron chi connectivity index (χ3n) is 6.59. The predicted molar refractivity (Wildman–Crippen MR) is 98.9 cm³/mol. The molecule has 1 aromatic heterocycles. The van der Waals surface area contributed by atoms with Crippen LogP contribution in [-0.4, -0.2) is 58.1 Å². The number of carboxylic acids is 1. The molecule has 3 heterocycles. The highest BCUT2D eigenvalue weighted by Crippen LogP contribution is 2.45. The van der Waals surface area contributed by atoms with Gasteiger partial charge in [0.25, 0.3) is 0 Å². The van der Waals surface area contributed by atoms with Crippen molar-refractivity contribution in [3.05, 3.63) is 15.6 Å². The Morgan fingerprint density at radius 1 is 1.24 bits per heavy atom. The number of hydrogen-bond donors (Lipinski definition) is 1. The van der Waals surface area contributed by atoms with Crippen molar-refractivity contribution < 1.29 is 9.90 Å². The molecule has 0 unspecified atom stereocenters. The number of thiazole rings is 1. The SMILES string of the molecule is Cc1nc(C)c(CN2C[C@@H]3CN(C4CCCCC4)C[C@]3(C(=O)O)C2)s1. The number of nitrogens with zero attached hydrogens (tertiary/aromatic N) is 3. The van der Waals surface area contributed by atoms with Crippen LogP contribution in [0, 0.1) is 25.2 Å². The molecule has 2 saturated heterocycles. The van der Waals surface area contributed by atoms with Crippen LogP contribution in [0.4, 0.5) is 0 Å². The van der Waals surface area contributed by atoms with Gasteiger partial charge in [-0.1, -0.05) is 19.3 Å². The summed E-state index contributed by atoms with van der Waals surface area (Å²) in [6, 6.07) is 0.621. The van der Waals surface area contributed by atoms with Crippen LogP contribution in [0.5, 0.6) is 0 Å². The summed E-state index contributed by atoms with van der Waals surface area (Å²) >= 11 is 1.75. The third kappa shape index (κ3) is 3.13. The maximum Gasteiger partial charge on any atom is 0.312 e. The van der Waals surface area contributed by atoms with Crippen LogP contribution < -0.4 is 0 Å². The summed E-state index contributed by atoms with van der Waals surface area (Å²) in [5, 5.41) is 11.2. The van der Waals surface area contributed by atoms with Crippen molar-refractivity contribution in [2.24, 2.45) is 11.3 Å². The highest BCUT2D eigenvalue weighted by atomic mass is 32.1. The molecular formula is C19H29N3O2S. The van der Waals surface area contributed by atoms with Crippen LogP contribution in [0.1, 0.15) is 47.7 Å². The van der Waals surface area contributed by atoms with Crippen molar-refractivity contribution in [1.29, 1.82) is 0 Å². The van der Waals surface area contributed by atoms with Crippen molar-refractivity contribution in [2.45, 2.75) is 58.5 Å². The van der Waals surface area contributed by atoms with E-state index in [0.717, 1.165) is 36.9 Å². The number of aryl methyl sites for hydroxylation is 2. The Morgan fingerprint density at radius 3 is 2.60 bits per heavy atom. The topological polar surface area (TPSA) is 56.7 Å². The lowest BCUT2D eigenvalue weighted by molar-refractivity contribution is -0.149. The lowest BCUT2D eigenvalue weighted by atomic mass is 9.81. The summed E-state index contributed by atoms with van der Waals surface area (Å²) in [6.07, 6.45) is 6.47. The lowest BCUT2D eigenvalue weighted by Gasteiger charge is -2.33. The Bertz CT molecular complexity index is 655. The predicted octanol–water partition coefficient (Wildman–Crippen LogP) is 2.91. The zero-order valence-electron chi connectivity index (χ0n) is 15.3. The van der Waals surface area contributed by atoms with E-state index in [4.69, 9.17) is 0 Å². The minimum Gasteiger partial charge on any atom is -0.481 e. The highest BCUT2D eigenvalue weighted by Gasteiger charge is 2.58. The second kappa shape index (κ2) is 6.63. The molecule has 1 N–H and O–H groups in total. The van der Waals surface area contributed by atoms with Gasteiger partial charge in [0, 0.05) is 49.6 Å². The number of rotatable bonds is 4. The number of aliphatic carboxylic acids is 1. The minimum atomic E-state index is -0.587. The lowest BCUT2D eigenvalue weighted by Crippen LogP contribution is -2.43. The first-order chi connectivity index (χ1) is 12.0. The quantitative estimate of drug-likeness (QED) is 0.891. The van der Waals surface area contributed by atoms with Gasteiger partial charge in [-0.05, 0) is 26.7 Å². The van der Waals surface area contributed by atoms with Gasteiger partial charge in [-0.15, -0.1) is 11.3 Å². The molecule has 3 fully saturated rings. The molecule has 1 aliphatic carbocycles. The largest absolute Gasteiger partial charge is 0.481 e. The average Bonchev–Trinajstić information content (AvgIpc) is 3.19. The zero-order valence-corrected chi connectivity index (χ0v) is 16.1. The first kappa shape index (κ1) is 17.4. The number of aromatic nitrogens is 1. The molecule has 138 valence electrons.